The van der Waals surface area contributed by atoms with Gasteiger partial charge >= 0.3 is 0 Å². The fourth-order valence-electron chi connectivity index (χ4n) is 3.35. The van der Waals surface area contributed by atoms with Gasteiger partial charge in [0.2, 0.25) is 5.89 Å². The summed E-state index contributed by atoms with van der Waals surface area (Å²) in [7, 11) is 0. The van der Waals surface area contributed by atoms with Crippen LogP contribution < -0.4 is 10.1 Å². The Bertz CT molecular complexity index is 1250. The Balaban J connectivity index is 1.59. The average molecular weight is 421 g/mol. The van der Waals surface area contributed by atoms with Crippen molar-refractivity contribution in [2.24, 2.45) is 0 Å². The molecule has 5 nitrogen and oxygen atoms in total. The van der Waals surface area contributed by atoms with Crippen LogP contribution >= 0.6 is 11.6 Å². The second-order valence-electron chi connectivity index (χ2n) is 7.06. The summed E-state index contributed by atoms with van der Waals surface area (Å²) in [5.74, 6) is 0.805. The Morgan fingerprint density at radius 2 is 1.97 bits per heavy atom. The van der Waals surface area contributed by atoms with Gasteiger partial charge in [0.25, 0.3) is 5.91 Å². The number of rotatable bonds is 5. The molecule has 4 aromatic rings. The number of aryl methyl sites for hydroxylation is 2. The lowest BCUT2D eigenvalue weighted by Crippen LogP contribution is -2.12. The molecule has 0 fully saturated rings. The molecule has 152 valence electrons. The monoisotopic (exact) mass is 420 g/mol. The number of nitrogens with one attached hydrogen (secondary N) is 1. The lowest BCUT2D eigenvalue weighted by Gasteiger charge is -2.09. The van der Waals surface area contributed by atoms with Gasteiger partial charge in [-0.05, 0) is 74.4 Å². The highest BCUT2D eigenvalue weighted by Gasteiger charge is 2.13. The summed E-state index contributed by atoms with van der Waals surface area (Å²) in [6.45, 7) is 6.42. The average Bonchev–Trinajstić information content (AvgIpc) is 3.14. The summed E-state index contributed by atoms with van der Waals surface area (Å²) in [6.07, 6.45) is 0. The molecule has 0 aliphatic heterocycles. The highest BCUT2D eigenvalue weighted by molar-refractivity contribution is 6.32. The number of hydrogen-bond acceptors (Lipinski definition) is 4. The number of anilines is 1. The standard InChI is InChI=1S/C24H21ClN2O3/c1-4-29-21-9-8-16(13-19(21)25)23(28)26-18-7-5-6-17(12-18)24-27-20-11-14(2)10-15(3)22(20)30-24/h5-13H,4H2,1-3H3,(H,26,28). The summed E-state index contributed by atoms with van der Waals surface area (Å²) < 4.78 is 11.4. The van der Waals surface area contributed by atoms with E-state index in [0.717, 1.165) is 27.8 Å². The van der Waals surface area contributed by atoms with Crippen LogP contribution in [-0.4, -0.2) is 17.5 Å². The van der Waals surface area contributed by atoms with E-state index < -0.39 is 0 Å². The molecule has 0 atom stereocenters. The third-order valence-corrected chi connectivity index (χ3v) is 4.98. The second-order valence-corrected chi connectivity index (χ2v) is 7.47. The van der Waals surface area contributed by atoms with E-state index in [1.54, 1.807) is 18.2 Å². The van der Waals surface area contributed by atoms with Crippen LogP contribution in [0.4, 0.5) is 5.69 Å². The van der Waals surface area contributed by atoms with Crippen molar-refractivity contribution in [2.45, 2.75) is 20.8 Å². The molecular weight excluding hydrogens is 400 g/mol. The van der Waals surface area contributed by atoms with Crippen LogP contribution in [0.2, 0.25) is 5.02 Å². The molecule has 1 aromatic heterocycles. The fraction of sp³-hybridized carbons (Fsp3) is 0.167. The third-order valence-electron chi connectivity index (χ3n) is 4.68. The number of hydrogen-bond donors (Lipinski definition) is 1. The van der Waals surface area contributed by atoms with Crippen LogP contribution in [0.25, 0.3) is 22.6 Å². The van der Waals surface area contributed by atoms with Gasteiger partial charge in [0.15, 0.2) is 5.58 Å². The number of halogens is 1. The maximum atomic E-state index is 12.7. The van der Waals surface area contributed by atoms with Crippen molar-refractivity contribution in [3.8, 4) is 17.2 Å². The van der Waals surface area contributed by atoms with Gasteiger partial charge in [-0.3, -0.25) is 4.79 Å². The van der Waals surface area contributed by atoms with Gasteiger partial charge in [-0.15, -0.1) is 0 Å². The Morgan fingerprint density at radius 1 is 1.13 bits per heavy atom. The number of fused-ring (bicyclic) bond motifs is 1. The van der Waals surface area contributed by atoms with Crippen molar-refractivity contribution >= 4 is 34.3 Å². The van der Waals surface area contributed by atoms with E-state index in [0.29, 0.717) is 34.5 Å². The van der Waals surface area contributed by atoms with Gasteiger partial charge in [0, 0.05) is 16.8 Å². The lowest BCUT2D eigenvalue weighted by atomic mass is 10.1. The highest BCUT2D eigenvalue weighted by Crippen LogP contribution is 2.29. The smallest absolute Gasteiger partial charge is 0.255 e. The van der Waals surface area contributed by atoms with Crippen LogP contribution in [-0.2, 0) is 0 Å². The largest absolute Gasteiger partial charge is 0.492 e. The van der Waals surface area contributed by atoms with Gasteiger partial charge in [-0.1, -0.05) is 23.7 Å². The van der Waals surface area contributed by atoms with Crippen molar-refractivity contribution in [2.75, 3.05) is 11.9 Å². The second kappa shape index (κ2) is 8.20. The summed E-state index contributed by atoms with van der Waals surface area (Å²) in [4.78, 5) is 17.3. The van der Waals surface area contributed by atoms with Crippen LogP contribution in [0.1, 0.15) is 28.4 Å². The summed E-state index contributed by atoms with van der Waals surface area (Å²) >= 11 is 6.20. The first-order chi connectivity index (χ1) is 14.4. The van der Waals surface area contributed by atoms with Gasteiger partial charge in [-0.25, -0.2) is 4.98 Å². The Hall–Kier alpha value is -3.31. The third kappa shape index (κ3) is 4.02. The predicted octanol–water partition coefficient (Wildman–Crippen LogP) is 6.42. The van der Waals surface area contributed by atoms with Gasteiger partial charge in [0.1, 0.15) is 11.3 Å². The maximum Gasteiger partial charge on any atom is 0.255 e. The molecule has 1 heterocycles. The van der Waals surface area contributed by atoms with Crippen molar-refractivity contribution in [1.29, 1.82) is 0 Å². The van der Waals surface area contributed by atoms with Gasteiger partial charge in [-0.2, -0.15) is 0 Å². The molecular formula is C24H21ClN2O3. The molecule has 0 saturated carbocycles. The number of ether oxygens (including phenoxy) is 1. The molecule has 3 aromatic carbocycles. The zero-order valence-electron chi connectivity index (χ0n) is 17.0. The molecule has 0 unspecified atom stereocenters. The zero-order chi connectivity index (χ0) is 21.3. The molecule has 0 aliphatic carbocycles. The van der Waals surface area contributed by atoms with E-state index in [1.165, 1.54) is 0 Å². The maximum absolute atomic E-state index is 12.7. The molecule has 4 rings (SSSR count). The molecule has 30 heavy (non-hydrogen) atoms. The normalized spacial score (nSPS) is 10.9. The molecule has 1 amide bonds. The number of aromatic nitrogens is 1. The number of carbonyl (C=O) groups is 1. The Morgan fingerprint density at radius 3 is 2.73 bits per heavy atom. The molecule has 0 saturated heterocycles. The number of carbonyl (C=O) groups excluding carboxylic acids is 1. The fourth-order valence-corrected chi connectivity index (χ4v) is 3.58. The molecule has 6 heteroatoms. The van der Waals surface area contributed by atoms with Crippen molar-refractivity contribution in [3.05, 3.63) is 76.3 Å². The van der Waals surface area contributed by atoms with Crippen LogP contribution in [0.5, 0.6) is 5.75 Å². The van der Waals surface area contributed by atoms with E-state index >= 15 is 0 Å². The number of nitrogens with zero attached hydrogens (tertiary/aromatic N) is 1. The first-order valence-electron chi connectivity index (χ1n) is 9.66. The molecule has 0 aliphatic rings. The number of benzene rings is 3. The predicted molar refractivity (Wildman–Crippen MR) is 119 cm³/mol. The van der Waals surface area contributed by atoms with Crippen molar-refractivity contribution in [3.63, 3.8) is 0 Å². The Kier molecular flexibility index (Phi) is 5.46. The van der Waals surface area contributed by atoms with Crippen LogP contribution in [0, 0.1) is 13.8 Å². The lowest BCUT2D eigenvalue weighted by molar-refractivity contribution is 0.102. The van der Waals surface area contributed by atoms with Gasteiger partial charge in [0.05, 0.1) is 11.6 Å². The van der Waals surface area contributed by atoms with Crippen LogP contribution in [0.3, 0.4) is 0 Å². The quantitative estimate of drug-likeness (QED) is 0.404. The van der Waals surface area contributed by atoms with Gasteiger partial charge < -0.3 is 14.5 Å². The zero-order valence-corrected chi connectivity index (χ0v) is 17.7. The van der Waals surface area contributed by atoms with E-state index in [9.17, 15) is 4.79 Å². The molecule has 1 N–H and O–H groups in total. The van der Waals surface area contributed by atoms with E-state index in [2.05, 4.69) is 16.4 Å². The minimum absolute atomic E-state index is 0.263. The minimum Gasteiger partial charge on any atom is -0.492 e. The summed E-state index contributed by atoms with van der Waals surface area (Å²) in [5, 5.41) is 3.29. The van der Waals surface area contributed by atoms with Crippen molar-refractivity contribution in [1.82, 2.24) is 4.98 Å². The molecule has 0 radical (unpaired) electrons. The van der Waals surface area contributed by atoms with E-state index in [4.69, 9.17) is 20.8 Å². The first-order valence-corrected chi connectivity index (χ1v) is 10.0. The minimum atomic E-state index is -0.263. The highest BCUT2D eigenvalue weighted by atomic mass is 35.5. The molecule has 0 bridgehead atoms. The van der Waals surface area contributed by atoms with E-state index in [-0.39, 0.29) is 5.91 Å². The summed E-state index contributed by atoms with van der Waals surface area (Å²) in [6, 6.07) is 16.4. The van der Waals surface area contributed by atoms with Crippen molar-refractivity contribution < 1.29 is 13.9 Å². The number of amides is 1. The van der Waals surface area contributed by atoms with E-state index in [1.807, 2.05) is 51.1 Å². The Labute approximate surface area is 179 Å². The van der Waals surface area contributed by atoms with Crippen LogP contribution in [0.15, 0.2) is 59.0 Å². The topological polar surface area (TPSA) is 64.4 Å². The first kappa shape index (κ1) is 20.0. The number of oxazole rings is 1. The molecule has 0 spiro atoms. The summed E-state index contributed by atoms with van der Waals surface area (Å²) in [5.41, 5.74) is 5.63. The SMILES string of the molecule is CCOc1ccc(C(=O)Nc2cccc(-c3nc4cc(C)cc(C)c4o3)c2)cc1Cl.